The van der Waals surface area contributed by atoms with Crippen LogP contribution in [0.4, 0.5) is 0 Å². The maximum absolute atomic E-state index is 12.2. The van der Waals surface area contributed by atoms with Crippen LogP contribution in [0.2, 0.25) is 5.02 Å². The molecule has 0 bridgehead atoms. The normalized spacial score (nSPS) is 11.7. The van der Waals surface area contributed by atoms with Gasteiger partial charge in [-0.15, -0.1) is 0 Å². The number of benzene rings is 1. The number of hydrogen-bond acceptors (Lipinski definition) is 6. The van der Waals surface area contributed by atoms with Crippen molar-refractivity contribution in [1.29, 1.82) is 0 Å². The second kappa shape index (κ2) is 6.99. The fraction of sp³-hybridized carbons (Fsp3) is 0.333. The van der Waals surface area contributed by atoms with Crippen molar-refractivity contribution in [2.45, 2.75) is 17.9 Å². The first-order valence-corrected chi connectivity index (χ1v) is 8.07. The lowest BCUT2D eigenvalue weighted by Crippen LogP contribution is -2.26. The zero-order valence-corrected chi connectivity index (χ0v) is 12.9. The van der Waals surface area contributed by atoms with E-state index in [1.54, 1.807) is 19.2 Å². The predicted octanol–water partition coefficient (Wildman–Crippen LogP) is 0.963. The first-order chi connectivity index (χ1) is 10.0. The molecule has 0 aliphatic carbocycles. The molecule has 7 nitrogen and oxygen atoms in total. The number of nitrogens with one attached hydrogen (secondary N) is 2. The molecule has 0 radical (unpaired) electrons. The van der Waals surface area contributed by atoms with E-state index in [1.165, 1.54) is 12.4 Å². The number of nitrogens with zero attached hydrogens (tertiary/aromatic N) is 2. The molecule has 114 valence electrons. The van der Waals surface area contributed by atoms with Crippen molar-refractivity contribution in [2.75, 3.05) is 13.6 Å². The molecule has 1 aromatic heterocycles. The average Bonchev–Trinajstić information content (AvgIpc) is 2.94. The molecule has 2 rings (SSSR count). The number of hydrogen-bond donors (Lipinski definition) is 2. The zero-order chi connectivity index (χ0) is 15.3. The van der Waals surface area contributed by atoms with Crippen LogP contribution in [0.1, 0.15) is 11.5 Å². The minimum atomic E-state index is -3.60. The SMILES string of the molecule is CNCc1cc(S(=O)(=O)NCCc2ncno2)ccc1Cl. The number of rotatable bonds is 7. The molecule has 0 amide bonds. The summed E-state index contributed by atoms with van der Waals surface area (Å²) < 4.78 is 31.7. The van der Waals surface area contributed by atoms with Gasteiger partial charge in [0.05, 0.1) is 4.90 Å². The van der Waals surface area contributed by atoms with E-state index in [1.807, 2.05) is 0 Å². The van der Waals surface area contributed by atoms with Gasteiger partial charge in [-0.05, 0) is 30.8 Å². The summed E-state index contributed by atoms with van der Waals surface area (Å²) in [5, 5.41) is 6.91. The van der Waals surface area contributed by atoms with Crippen molar-refractivity contribution in [3.05, 3.63) is 41.0 Å². The smallest absolute Gasteiger partial charge is 0.240 e. The van der Waals surface area contributed by atoms with Crippen LogP contribution in [0.15, 0.2) is 33.9 Å². The lowest BCUT2D eigenvalue weighted by molar-refractivity contribution is 0.377. The quantitative estimate of drug-likeness (QED) is 0.785. The Morgan fingerprint density at radius 3 is 2.86 bits per heavy atom. The van der Waals surface area contributed by atoms with Gasteiger partial charge in [0, 0.05) is 24.5 Å². The van der Waals surface area contributed by atoms with Crippen LogP contribution in [-0.2, 0) is 23.0 Å². The lowest BCUT2D eigenvalue weighted by Gasteiger charge is -2.09. The molecule has 0 atom stereocenters. The molecule has 0 aliphatic rings. The van der Waals surface area contributed by atoms with Crippen LogP contribution < -0.4 is 10.0 Å². The van der Waals surface area contributed by atoms with Gasteiger partial charge >= 0.3 is 0 Å². The molecule has 0 saturated carbocycles. The summed E-state index contributed by atoms with van der Waals surface area (Å²) in [4.78, 5) is 3.99. The van der Waals surface area contributed by atoms with Gasteiger partial charge in [-0.25, -0.2) is 13.1 Å². The second-order valence-corrected chi connectivity index (χ2v) is 6.44. The molecule has 2 N–H and O–H groups in total. The predicted molar refractivity (Wildman–Crippen MR) is 77.4 cm³/mol. The Bertz CT molecular complexity index is 689. The molecule has 0 fully saturated rings. The van der Waals surface area contributed by atoms with Gasteiger partial charge in [0.1, 0.15) is 0 Å². The van der Waals surface area contributed by atoms with E-state index in [0.717, 1.165) is 5.56 Å². The number of sulfonamides is 1. The largest absolute Gasteiger partial charge is 0.340 e. The molecule has 0 saturated heterocycles. The van der Waals surface area contributed by atoms with Crippen LogP contribution in [-0.4, -0.2) is 32.2 Å². The fourth-order valence-corrected chi connectivity index (χ4v) is 2.99. The van der Waals surface area contributed by atoms with Crippen LogP contribution in [0.3, 0.4) is 0 Å². The molecule has 21 heavy (non-hydrogen) atoms. The molecule has 0 spiro atoms. The number of halogens is 1. The summed E-state index contributed by atoms with van der Waals surface area (Å²) in [5.41, 5.74) is 0.721. The third-order valence-corrected chi connectivity index (χ3v) is 4.56. The fourth-order valence-electron chi connectivity index (χ4n) is 1.73. The summed E-state index contributed by atoms with van der Waals surface area (Å²) in [7, 11) is -1.83. The van der Waals surface area contributed by atoms with Gasteiger partial charge in [-0.3, -0.25) is 0 Å². The van der Waals surface area contributed by atoms with Crippen molar-refractivity contribution >= 4 is 21.6 Å². The summed E-state index contributed by atoms with van der Waals surface area (Å²) >= 11 is 6.01. The van der Waals surface area contributed by atoms with Crippen molar-refractivity contribution < 1.29 is 12.9 Å². The van der Waals surface area contributed by atoms with Gasteiger partial charge in [-0.2, -0.15) is 4.98 Å². The minimum absolute atomic E-state index is 0.169. The molecule has 1 aromatic carbocycles. The lowest BCUT2D eigenvalue weighted by atomic mass is 10.2. The van der Waals surface area contributed by atoms with E-state index in [9.17, 15) is 8.42 Å². The van der Waals surface area contributed by atoms with Crippen molar-refractivity contribution in [3.8, 4) is 0 Å². The summed E-state index contributed by atoms with van der Waals surface area (Å²) in [6.45, 7) is 0.665. The van der Waals surface area contributed by atoms with Gasteiger partial charge in [0.2, 0.25) is 15.9 Å². The van der Waals surface area contributed by atoms with E-state index in [0.29, 0.717) is 23.9 Å². The number of aromatic nitrogens is 2. The van der Waals surface area contributed by atoms with Crippen LogP contribution >= 0.6 is 11.6 Å². The van der Waals surface area contributed by atoms with Crippen molar-refractivity contribution in [2.24, 2.45) is 0 Å². The van der Waals surface area contributed by atoms with Gasteiger partial charge in [0.15, 0.2) is 6.33 Å². The summed E-state index contributed by atoms with van der Waals surface area (Å²) in [6, 6.07) is 4.59. The highest BCUT2D eigenvalue weighted by Crippen LogP contribution is 2.20. The molecule has 9 heteroatoms. The third-order valence-electron chi connectivity index (χ3n) is 2.73. The maximum Gasteiger partial charge on any atom is 0.240 e. The average molecular weight is 331 g/mol. The van der Waals surface area contributed by atoms with Crippen molar-refractivity contribution in [1.82, 2.24) is 20.2 Å². The summed E-state index contributed by atoms with van der Waals surface area (Å²) in [6.07, 6.45) is 1.60. The Hall–Kier alpha value is -1.48. The molecule has 0 aliphatic heterocycles. The highest BCUT2D eigenvalue weighted by molar-refractivity contribution is 7.89. The van der Waals surface area contributed by atoms with E-state index < -0.39 is 10.0 Å². The maximum atomic E-state index is 12.2. The minimum Gasteiger partial charge on any atom is -0.340 e. The van der Waals surface area contributed by atoms with Crippen LogP contribution in [0.25, 0.3) is 0 Å². The monoisotopic (exact) mass is 330 g/mol. The first kappa shape index (κ1) is 15.9. The van der Waals surface area contributed by atoms with Crippen LogP contribution in [0.5, 0.6) is 0 Å². The van der Waals surface area contributed by atoms with Crippen molar-refractivity contribution in [3.63, 3.8) is 0 Å². The Morgan fingerprint density at radius 2 is 2.19 bits per heavy atom. The molecular formula is C12H15ClN4O3S. The molecule has 2 aromatic rings. The topological polar surface area (TPSA) is 97.1 Å². The summed E-state index contributed by atoms with van der Waals surface area (Å²) in [5.74, 6) is 0.379. The van der Waals surface area contributed by atoms with E-state index in [4.69, 9.17) is 16.1 Å². The Balaban J connectivity index is 2.06. The Morgan fingerprint density at radius 1 is 1.38 bits per heavy atom. The highest BCUT2D eigenvalue weighted by Gasteiger charge is 2.15. The van der Waals surface area contributed by atoms with Crippen LogP contribution in [0, 0.1) is 0 Å². The van der Waals surface area contributed by atoms with E-state index in [2.05, 4.69) is 20.2 Å². The second-order valence-electron chi connectivity index (χ2n) is 4.27. The highest BCUT2D eigenvalue weighted by atomic mass is 35.5. The Labute approximate surface area is 127 Å². The Kier molecular flexibility index (Phi) is 5.29. The zero-order valence-electron chi connectivity index (χ0n) is 11.3. The molecular weight excluding hydrogens is 316 g/mol. The standard InChI is InChI=1S/C12H15ClN4O3S/c1-14-7-9-6-10(2-3-11(9)13)21(18,19)17-5-4-12-15-8-16-20-12/h2-3,6,8,14,17H,4-5,7H2,1H3. The van der Waals surface area contributed by atoms with E-state index in [-0.39, 0.29) is 11.4 Å². The molecule has 1 heterocycles. The first-order valence-electron chi connectivity index (χ1n) is 6.21. The van der Waals surface area contributed by atoms with Gasteiger partial charge in [-0.1, -0.05) is 16.8 Å². The third kappa shape index (κ3) is 4.24. The van der Waals surface area contributed by atoms with Gasteiger partial charge in [0.25, 0.3) is 0 Å². The molecule has 0 unspecified atom stereocenters. The van der Waals surface area contributed by atoms with E-state index >= 15 is 0 Å². The van der Waals surface area contributed by atoms with Gasteiger partial charge < -0.3 is 9.84 Å².